The molecule has 1 N–H and O–H groups in total. The number of benzene rings is 3. The highest BCUT2D eigenvalue weighted by atomic mass is 32.2. The third-order valence-electron chi connectivity index (χ3n) is 6.69. The summed E-state index contributed by atoms with van der Waals surface area (Å²) in [5.41, 5.74) is 4.72. The molecule has 5 nitrogen and oxygen atoms in total. The van der Waals surface area contributed by atoms with Crippen LogP contribution < -0.4 is 10.9 Å². The highest BCUT2D eigenvalue weighted by Crippen LogP contribution is 2.24. The van der Waals surface area contributed by atoms with E-state index in [1.165, 1.54) is 24.0 Å². The molecule has 6 heteroatoms. The van der Waals surface area contributed by atoms with Crippen molar-refractivity contribution in [2.24, 2.45) is 0 Å². The van der Waals surface area contributed by atoms with Crippen LogP contribution in [0.3, 0.4) is 0 Å². The summed E-state index contributed by atoms with van der Waals surface area (Å²) in [6.45, 7) is 2.50. The van der Waals surface area contributed by atoms with Crippen molar-refractivity contribution in [2.45, 2.75) is 56.1 Å². The Morgan fingerprint density at radius 2 is 1.71 bits per heavy atom. The van der Waals surface area contributed by atoms with Crippen LogP contribution in [0, 0.1) is 6.92 Å². The molecule has 0 unspecified atom stereocenters. The first kappa shape index (κ1) is 23.4. The Morgan fingerprint density at radius 1 is 1.00 bits per heavy atom. The van der Waals surface area contributed by atoms with Crippen molar-refractivity contribution < 1.29 is 4.79 Å². The van der Waals surface area contributed by atoms with Gasteiger partial charge < -0.3 is 5.32 Å². The van der Waals surface area contributed by atoms with Crippen LogP contribution in [0.15, 0.2) is 82.7 Å². The van der Waals surface area contributed by atoms with Crippen molar-refractivity contribution in [1.82, 2.24) is 14.9 Å². The molecule has 35 heavy (non-hydrogen) atoms. The summed E-state index contributed by atoms with van der Waals surface area (Å²) in [6, 6.07) is 23.6. The van der Waals surface area contributed by atoms with Crippen LogP contribution >= 0.6 is 11.8 Å². The van der Waals surface area contributed by atoms with Gasteiger partial charge in [-0.3, -0.25) is 14.2 Å². The molecule has 1 fully saturated rings. The number of carbonyl (C=O) groups is 1. The van der Waals surface area contributed by atoms with E-state index in [1.54, 1.807) is 16.3 Å². The van der Waals surface area contributed by atoms with E-state index in [4.69, 9.17) is 4.98 Å². The second-order valence-electron chi connectivity index (χ2n) is 9.17. The summed E-state index contributed by atoms with van der Waals surface area (Å²) in [6.07, 6.45) is 4.49. The summed E-state index contributed by atoms with van der Waals surface area (Å²) in [5, 5.41) is 4.44. The van der Waals surface area contributed by atoms with E-state index in [2.05, 4.69) is 24.4 Å². The average molecular weight is 484 g/mol. The van der Waals surface area contributed by atoms with Crippen LogP contribution in [0.25, 0.3) is 10.9 Å². The van der Waals surface area contributed by atoms with Gasteiger partial charge >= 0.3 is 0 Å². The molecule has 4 aromatic rings. The molecule has 1 aromatic heterocycles. The number of nitrogens with zero attached hydrogens (tertiary/aromatic N) is 2. The lowest BCUT2D eigenvalue weighted by molar-refractivity contribution is 0.0938. The van der Waals surface area contributed by atoms with Crippen molar-refractivity contribution in [3.8, 4) is 0 Å². The zero-order chi connectivity index (χ0) is 24.2. The van der Waals surface area contributed by atoms with E-state index in [-0.39, 0.29) is 17.5 Å². The molecule has 5 rings (SSSR count). The summed E-state index contributed by atoms with van der Waals surface area (Å²) in [5.74, 6) is 0.708. The Bertz CT molecular complexity index is 1410. The molecule has 1 saturated carbocycles. The lowest BCUT2D eigenvalue weighted by Crippen LogP contribution is -2.32. The fourth-order valence-electron chi connectivity index (χ4n) is 4.59. The van der Waals surface area contributed by atoms with Crippen LogP contribution in [-0.2, 0) is 12.3 Å². The molecule has 1 aliphatic carbocycles. The molecule has 1 heterocycles. The topological polar surface area (TPSA) is 64.0 Å². The first-order valence-electron chi connectivity index (χ1n) is 12.2. The quantitative estimate of drug-likeness (QED) is 0.270. The van der Waals surface area contributed by atoms with Crippen molar-refractivity contribution in [1.29, 1.82) is 0 Å². The summed E-state index contributed by atoms with van der Waals surface area (Å²) < 4.78 is 1.75. The van der Waals surface area contributed by atoms with Crippen LogP contribution in [0.2, 0.25) is 0 Å². The number of carbonyl (C=O) groups excluding carboxylic acids is 1. The highest BCUT2D eigenvalue weighted by Gasteiger charge is 2.18. The number of fused-ring (bicyclic) bond motifs is 1. The molecule has 1 aliphatic rings. The number of hydrogen-bond acceptors (Lipinski definition) is 4. The van der Waals surface area contributed by atoms with Gasteiger partial charge in [0.25, 0.3) is 11.5 Å². The number of nitrogens with one attached hydrogen (secondary N) is 1. The maximum absolute atomic E-state index is 13.4. The third kappa shape index (κ3) is 5.33. The molecule has 0 spiro atoms. The zero-order valence-corrected chi connectivity index (χ0v) is 20.7. The first-order valence-corrected chi connectivity index (χ1v) is 13.1. The van der Waals surface area contributed by atoms with Gasteiger partial charge in [-0.25, -0.2) is 4.98 Å². The monoisotopic (exact) mass is 483 g/mol. The van der Waals surface area contributed by atoms with Crippen LogP contribution in [-0.4, -0.2) is 21.5 Å². The molecule has 0 bridgehead atoms. The molecular weight excluding hydrogens is 454 g/mol. The van der Waals surface area contributed by atoms with E-state index in [9.17, 15) is 9.59 Å². The van der Waals surface area contributed by atoms with Crippen molar-refractivity contribution >= 4 is 28.6 Å². The Kier molecular flexibility index (Phi) is 7.00. The third-order valence-corrected chi connectivity index (χ3v) is 7.72. The minimum Gasteiger partial charge on any atom is -0.349 e. The number of aryl methyl sites for hydroxylation is 1. The molecule has 0 radical (unpaired) electrons. The lowest BCUT2D eigenvalue weighted by atomic mass is 10.1. The SMILES string of the molecule is Cc1ccccc1CSc1nc2ccccc2c(=O)n1Cc1ccc(C(=O)NC2CCCC2)cc1. The number of hydrogen-bond donors (Lipinski definition) is 1. The molecule has 0 atom stereocenters. The predicted molar refractivity (Wildman–Crippen MR) is 142 cm³/mol. The number of amides is 1. The van der Waals surface area contributed by atoms with Gasteiger partial charge in [0, 0.05) is 17.4 Å². The van der Waals surface area contributed by atoms with Gasteiger partial charge in [0.2, 0.25) is 0 Å². The maximum atomic E-state index is 13.4. The van der Waals surface area contributed by atoms with Crippen LogP contribution in [0.5, 0.6) is 0 Å². The number of para-hydroxylation sites is 1. The molecule has 0 saturated heterocycles. The summed E-state index contributed by atoms with van der Waals surface area (Å²) in [7, 11) is 0. The lowest BCUT2D eigenvalue weighted by Gasteiger charge is -2.15. The van der Waals surface area contributed by atoms with Crippen molar-refractivity contribution in [3.05, 3.63) is 105 Å². The minimum absolute atomic E-state index is 0.0255. The fraction of sp³-hybridized carbons (Fsp3) is 0.276. The van der Waals surface area contributed by atoms with E-state index >= 15 is 0 Å². The molecule has 0 aliphatic heterocycles. The number of thioether (sulfide) groups is 1. The molecule has 1 amide bonds. The highest BCUT2D eigenvalue weighted by molar-refractivity contribution is 7.98. The Morgan fingerprint density at radius 3 is 2.49 bits per heavy atom. The fourth-order valence-corrected chi connectivity index (χ4v) is 5.67. The molecular formula is C29H29N3O2S. The minimum atomic E-state index is -0.0501. The van der Waals surface area contributed by atoms with Gasteiger partial charge in [-0.2, -0.15) is 0 Å². The smallest absolute Gasteiger partial charge is 0.262 e. The molecule has 3 aromatic carbocycles. The Balaban J connectivity index is 1.41. The first-order chi connectivity index (χ1) is 17.1. The maximum Gasteiger partial charge on any atom is 0.262 e. The van der Waals surface area contributed by atoms with Crippen LogP contribution in [0.4, 0.5) is 0 Å². The van der Waals surface area contributed by atoms with E-state index < -0.39 is 0 Å². The van der Waals surface area contributed by atoms with Gasteiger partial charge in [-0.1, -0.05) is 73.1 Å². The van der Waals surface area contributed by atoms with E-state index in [0.717, 1.165) is 24.2 Å². The Hall–Kier alpha value is -3.38. The number of rotatable bonds is 7. The van der Waals surface area contributed by atoms with Crippen molar-refractivity contribution in [3.63, 3.8) is 0 Å². The predicted octanol–water partition coefficient (Wildman–Crippen LogP) is 5.72. The normalized spacial score (nSPS) is 13.9. The average Bonchev–Trinajstić information content (AvgIpc) is 3.39. The molecule has 178 valence electrons. The van der Waals surface area contributed by atoms with E-state index in [1.807, 2.05) is 60.7 Å². The van der Waals surface area contributed by atoms with Gasteiger partial charge in [0.15, 0.2) is 5.16 Å². The summed E-state index contributed by atoms with van der Waals surface area (Å²) >= 11 is 1.58. The van der Waals surface area contributed by atoms with Crippen molar-refractivity contribution in [2.75, 3.05) is 0 Å². The second kappa shape index (κ2) is 10.5. The standard InChI is InChI=1S/C29H29N3O2S/c1-20-8-2-3-9-23(20)19-35-29-31-26-13-7-6-12-25(26)28(34)32(29)18-21-14-16-22(17-15-21)27(33)30-24-10-4-5-11-24/h2-3,6-9,12-17,24H,4-5,10-11,18-19H2,1H3,(H,30,33). The van der Waals surface area contributed by atoms with Gasteiger partial charge in [-0.05, 0) is 60.7 Å². The van der Waals surface area contributed by atoms with Gasteiger partial charge in [-0.15, -0.1) is 0 Å². The van der Waals surface area contributed by atoms with Gasteiger partial charge in [0.1, 0.15) is 0 Å². The van der Waals surface area contributed by atoms with E-state index in [0.29, 0.717) is 28.2 Å². The van der Waals surface area contributed by atoms with Crippen LogP contribution in [0.1, 0.15) is 52.7 Å². The summed E-state index contributed by atoms with van der Waals surface area (Å²) in [4.78, 5) is 30.9. The Labute approximate surface area is 209 Å². The second-order valence-corrected chi connectivity index (χ2v) is 10.1. The largest absolute Gasteiger partial charge is 0.349 e. The number of aromatic nitrogens is 2. The van der Waals surface area contributed by atoms with Gasteiger partial charge in [0.05, 0.1) is 17.4 Å². The zero-order valence-electron chi connectivity index (χ0n) is 19.9.